The van der Waals surface area contributed by atoms with Gasteiger partial charge in [0, 0.05) is 13.0 Å². The van der Waals surface area contributed by atoms with Crippen LogP contribution < -0.4 is 15.4 Å². The van der Waals surface area contributed by atoms with Gasteiger partial charge in [-0.25, -0.2) is 4.79 Å². The van der Waals surface area contributed by atoms with Crippen LogP contribution in [0.5, 0.6) is 5.75 Å². The maximum Gasteiger partial charge on any atom is 0.405 e. The van der Waals surface area contributed by atoms with Crippen LogP contribution in [0.25, 0.3) is 0 Å². The summed E-state index contributed by atoms with van der Waals surface area (Å²) in [4.78, 5) is 24.1. The summed E-state index contributed by atoms with van der Waals surface area (Å²) in [6.45, 7) is 5.59. The number of carbonyl (C=O) groups excluding carboxylic acids is 1. The predicted molar refractivity (Wildman–Crippen MR) is 116 cm³/mol. The molecule has 2 aliphatic heterocycles. The van der Waals surface area contributed by atoms with Gasteiger partial charge in [0.05, 0.1) is 12.6 Å². The zero-order valence-electron chi connectivity index (χ0n) is 17.9. The summed E-state index contributed by atoms with van der Waals surface area (Å²) in [5.74, 6) is 0.556. The monoisotopic (exact) mass is 418 g/mol. The number of fused-ring (bicyclic) bond motifs is 16. The summed E-state index contributed by atoms with van der Waals surface area (Å²) < 4.78 is 11.5. The number of amides is 2. The van der Waals surface area contributed by atoms with E-state index in [2.05, 4.69) is 16.7 Å². The third-order valence-corrected chi connectivity index (χ3v) is 5.08. The van der Waals surface area contributed by atoms with Crippen LogP contribution >= 0.6 is 0 Å². The lowest BCUT2D eigenvalue weighted by atomic mass is 10.0. The minimum absolute atomic E-state index is 0.166. The number of allylic oxidation sites excluding steroid dienone is 1. The molecule has 1 aromatic carbocycles. The molecule has 0 aliphatic carbocycles. The summed E-state index contributed by atoms with van der Waals surface area (Å²) in [7, 11) is 0. The molecule has 0 radical (unpaired) electrons. The van der Waals surface area contributed by atoms with Gasteiger partial charge in [-0.1, -0.05) is 44.6 Å². The average molecular weight is 419 g/mol. The Morgan fingerprint density at radius 3 is 2.63 bits per heavy atom. The highest BCUT2D eigenvalue weighted by Gasteiger charge is 2.25. The third kappa shape index (κ3) is 8.86. The minimum Gasteiger partial charge on any atom is -0.490 e. The fraction of sp³-hybridized carbons (Fsp3) is 0.565. The van der Waals surface area contributed by atoms with E-state index in [0.29, 0.717) is 19.8 Å². The van der Waals surface area contributed by atoms with Crippen molar-refractivity contribution in [1.82, 2.24) is 10.6 Å². The normalized spacial score (nSPS) is 23.2. The molecule has 0 fully saturated rings. The van der Waals surface area contributed by atoms with Crippen molar-refractivity contribution in [2.24, 2.45) is 5.92 Å². The molecule has 7 heteroatoms. The van der Waals surface area contributed by atoms with Gasteiger partial charge in [0.1, 0.15) is 18.4 Å². The van der Waals surface area contributed by atoms with E-state index < -0.39 is 12.1 Å². The molecule has 0 spiro atoms. The SMILES string of the molecule is CC(C)[C@H]1COCCCCC/C=C/COc2ccc(cc2)C[C@@H](NC(=O)O)C(=O)N1. The Bertz CT molecular complexity index is 687. The molecule has 3 N–H and O–H groups in total. The standard InChI is InChI=1S/C23H34N2O5/c1-17(2)21-16-29-13-7-5-3-4-6-8-14-30-19-11-9-18(10-12-19)15-20(22(26)24-21)25-23(27)28/h6,8-12,17,20-21,25H,3-5,7,13-16H2,1-2H3,(H,24,26)(H,27,28)/b8-6+/t20-,21-/m1/s1. The molecule has 0 aromatic heterocycles. The van der Waals surface area contributed by atoms with E-state index in [0.717, 1.165) is 37.0 Å². The van der Waals surface area contributed by atoms with Crippen LogP contribution in [0.15, 0.2) is 36.4 Å². The number of hydrogen-bond acceptors (Lipinski definition) is 4. The quantitative estimate of drug-likeness (QED) is 0.639. The third-order valence-electron chi connectivity index (χ3n) is 5.08. The molecule has 2 aliphatic rings. The van der Waals surface area contributed by atoms with E-state index in [-0.39, 0.29) is 24.3 Å². The van der Waals surface area contributed by atoms with Crippen LogP contribution in [-0.4, -0.2) is 49.0 Å². The number of rotatable bonds is 2. The number of benzene rings is 1. The fourth-order valence-electron chi connectivity index (χ4n) is 3.18. The molecule has 0 saturated carbocycles. The van der Waals surface area contributed by atoms with Crippen molar-refractivity contribution in [2.75, 3.05) is 19.8 Å². The van der Waals surface area contributed by atoms with E-state index in [4.69, 9.17) is 9.47 Å². The smallest absolute Gasteiger partial charge is 0.405 e. The van der Waals surface area contributed by atoms with Gasteiger partial charge in [0.2, 0.25) is 5.91 Å². The van der Waals surface area contributed by atoms with Crippen molar-refractivity contribution in [3.05, 3.63) is 42.0 Å². The van der Waals surface area contributed by atoms with Gasteiger partial charge in [0.15, 0.2) is 0 Å². The minimum atomic E-state index is -1.23. The molecule has 2 atom stereocenters. The predicted octanol–water partition coefficient (Wildman–Crippen LogP) is 3.53. The number of nitrogens with one attached hydrogen (secondary N) is 2. The lowest BCUT2D eigenvalue weighted by molar-refractivity contribution is -0.124. The zero-order valence-corrected chi connectivity index (χ0v) is 17.9. The Hall–Kier alpha value is -2.54. The van der Waals surface area contributed by atoms with E-state index in [1.165, 1.54) is 0 Å². The Balaban J connectivity index is 2.13. The van der Waals surface area contributed by atoms with Crippen molar-refractivity contribution in [3.63, 3.8) is 0 Å². The van der Waals surface area contributed by atoms with Gasteiger partial charge in [-0.05, 0) is 42.9 Å². The highest BCUT2D eigenvalue weighted by Crippen LogP contribution is 2.14. The van der Waals surface area contributed by atoms with Gasteiger partial charge in [0.25, 0.3) is 0 Å². The van der Waals surface area contributed by atoms with Crippen LogP contribution in [0.3, 0.4) is 0 Å². The van der Waals surface area contributed by atoms with E-state index in [1.54, 1.807) is 0 Å². The Kier molecular flexibility index (Phi) is 10.2. The van der Waals surface area contributed by atoms with Crippen molar-refractivity contribution >= 4 is 12.0 Å². The Morgan fingerprint density at radius 1 is 1.17 bits per heavy atom. The number of hydrogen-bond donors (Lipinski definition) is 3. The van der Waals surface area contributed by atoms with Gasteiger partial charge < -0.3 is 25.2 Å². The summed E-state index contributed by atoms with van der Waals surface area (Å²) >= 11 is 0. The molecule has 0 unspecified atom stereocenters. The summed E-state index contributed by atoms with van der Waals surface area (Å²) in [6.07, 6.45) is 7.35. The maximum absolute atomic E-state index is 12.8. The van der Waals surface area contributed by atoms with Gasteiger partial charge in [-0.2, -0.15) is 0 Å². The van der Waals surface area contributed by atoms with Crippen molar-refractivity contribution < 1.29 is 24.2 Å². The molecule has 2 bridgehead atoms. The number of ether oxygens (including phenoxy) is 2. The maximum atomic E-state index is 12.8. The Morgan fingerprint density at radius 2 is 1.93 bits per heavy atom. The average Bonchev–Trinajstić information content (AvgIpc) is 2.70. The highest BCUT2D eigenvalue weighted by molar-refractivity contribution is 5.85. The lowest BCUT2D eigenvalue weighted by Gasteiger charge is -2.25. The second-order valence-electron chi connectivity index (χ2n) is 7.92. The molecular formula is C23H34N2O5. The molecule has 2 heterocycles. The molecule has 7 nitrogen and oxygen atoms in total. The summed E-state index contributed by atoms with van der Waals surface area (Å²) in [5.41, 5.74) is 0.846. The second kappa shape index (κ2) is 12.9. The van der Waals surface area contributed by atoms with Crippen LogP contribution in [0.1, 0.15) is 45.1 Å². The van der Waals surface area contributed by atoms with Crippen LogP contribution in [0.4, 0.5) is 4.79 Å². The number of carbonyl (C=O) groups is 2. The molecule has 3 rings (SSSR count). The van der Waals surface area contributed by atoms with Crippen LogP contribution in [0.2, 0.25) is 0 Å². The molecule has 1 aromatic rings. The lowest BCUT2D eigenvalue weighted by Crippen LogP contribution is -2.52. The van der Waals surface area contributed by atoms with E-state index >= 15 is 0 Å². The van der Waals surface area contributed by atoms with Crippen molar-refractivity contribution in [2.45, 2.75) is 58.0 Å². The fourth-order valence-corrected chi connectivity index (χ4v) is 3.18. The van der Waals surface area contributed by atoms with E-state index in [1.807, 2.05) is 44.2 Å². The van der Waals surface area contributed by atoms with E-state index in [9.17, 15) is 14.7 Å². The number of carboxylic acid groups (broad SMARTS) is 1. The molecule has 0 saturated heterocycles. The molecule has 30 heavy (non-hydrogen) atoms. The van der Waals surface area contributed by atoms with Crippen LogP contribution in [0, 0.1) is 5.92 Å². The molecular weight excluding hydrogens is 384 g/mol. The largest absolute Gasteiger partial charge is 0.490 e. The Labute approximate surface area is 178 Å². The van der Waals surface area contributed by atoms with Gasteiger partial charge >= 0.3 is 6.09 Å². The van der Waals surface area contributed by atoms with Gasteiger partial charge in [-0.3, -0.25) is 4.79 Å². The zero-order chi connectivity index (χ0) is 21.8. The van der Waals surface area contributed by atoms with Gasteiger partial charge in [-0.15, -0.1) is 0 Å². The molecule has 2 amide bonds. The first-order valence-corrected chi connectivity index (χ1v) is 10.7. The van der Waals surface area contributed by atoms with Crippen LogP contribution in [-0.2, 0) is 16.0 Å². The first-order chi connectivity index (χ1) is 14.5. The topological polar surface area (TPSA) is 96.9 Å². The molecule has 166 valence electrons. The second-order valence-corrected chi connectivity index (χ2v) is 7.92. The summed E-state index contributed by atoms with van der Waals surface area (Å²) in [5, 5.41) is 14.5. The first kappa shape index (κ1) is 23.7. The first-order valence-electron chi connectivity index (χ1n) is 10.7. The highest BCUT2D eigenvalue weighted by atomic mass is 16.5. The van der Waals surface area contributed by atoms with Crippen molar-refractivity contribution in [1.29, 1.82) is 0 Å². The van der Waals surface area contributed by atoms with Crippen molar-refractivity contribution in [3.8, 4) is 5.75 Å². The summed E-state index contributed by atoms with van der Waals surface area (Å²) in [6, 6.07) is 6.31.